The molecule has 2 aliphatic heterocycles. The van der Waals surface area contributed by atoms with Gasteiger partial charge in [-0.15, -0.1) is 0 Å². The van der Waals surface area contributed by atoms with Crippen molar-refractivity contribution in [2.24, 2.45) is 34.5 Å². The molecule has 0 aromatic heterocycles. The van der Waals surface area contributed by atoms with Crippen LogP contribution >= 0.6 is 0 Å². The van der Waals surface area contributed by atoms with Crippen molar-refractivity contribution in [1.82, 2.24) is 10.6 Å². The first-order valence-electron chi connectivity index (χ1n) is 13.9. The van der Waals surface area contributed by atoms with E-state index in [2.05, 4.69) is 59.2 Å². The smallest absolute Gasteiger partial charge is 0.0382 e. The van der Waals surface area contributed by atoms with E-state index < -0.39 is 0 Å². The van der Waals surface area contributed by atoms with E-state index in [1.54, 1.807) is 0 Å². The molecule has 174 valence electrons. The van der Waals surface area contributed by atoms with E-state index in [1.807, 2.05) is 0 Å². The Kier molecular flexibility index (Phi) is 5.96. The van der Waals surface area contributed by atoms with Crippen molar-refractivity contribution in [3.05, 3.63) is 48.6 Å². The van der Waals surface area contributed by atoms with Gasteiger partial charge in [-0.05, 0) is 112 Å². The molecule has 0 amide bonds. The van der Waals surface area contributed by atoms with Crippen molar-refractivity contribution in [3.63, 3.8) is 0 Å². The van der Waals surface area contributed by atoms with E-state index in [4.69, 9.17) is 0 Å². The number of rotatable bonds is 0. The Labute approximate surface area is 196 Å². The second kappa shape index (κ2) is 8.91. The lowest BCUT2D eigenvalue weighted by atomic mass is 9.76. The third kappa shape index (κ3) is 4.60. The lowest BCUT2D eigenvalue weighted by Crippen LogP contribution is -2.49. The maximum absolute atomic E-state index is 3.42. The molecular weight excluding hydrogens is 388 g/mol. The Balaban J connectivity index is 0.0000000818. The zero-order valence-electron chi connectivity index (χ0n) is 20.0. The molecule has 1 saturated heterocycles. The van der Waals surface area contributed by atoms with Crippen LogP contribution in [0.15, 0.2) is 48.6 Å². The molecule has 0 spiro atoms. The molecule has 10 aliphatic rings. The van der Waals surface area contributed by atoms with Crippen molar-refractivity contribution < 1.29 is 0 Å². The Morgan fingerprint density at radius 1 is 0.531 bits per heavy atom. The Morgan fingerprint density at radius 3 is 1.19 bits per heavy atom. The van der Waals surface area contributed by atoms with E-state index in [9.17, 15) is 0 Å². The van der Waals surface area contributed by atoms with Gasteiger partial charge in [0, 0.05) is 25.2 Å². The topological polar surface area (TPSA) is 24.1 Å². The summed E-state index contributed by atoms with van der Waals surface area (Å²) in [4.78, 5) is 0. The number of hydrogen-bond acceptors (Lipinski definition) is 2. The summed E-state index contributed by atoms with van der Waals surface area (Å²) >= 11 is 0. The van der Waals surface area contributed by atoms with E-state index in [0.717, 1.165) is 47.6 Å². The fraction of sp³-hybridized carbons (Fsp3) is 0.733. The molecule has 2 heterocycles. The first kappa shape index (κ1) is 21.4. The molecule has 4 saturated carbocycles. The van der Waals surface area contributed by atoms with Gasteiger partial charge in [0.1, 0.15) is 0 Å². The molecule has 0 aromatic carbocycles. The molecule has 32 heavy (non-hydrogen) atoms. The molecule has 0 radical (unpaired) electrons. The average Bonchev–Trinajstić information content (AvgIpc) is 3.72. The van der Waals surface area contributed by atoms with Crippen LogP contribution in [-0.2, 0) is 0 Å². The quantitative estimate of drug-likeness (QED) is 0.437. The highest BCUT2D eigenvalue weighted by Gasteiger charge is 2.55. The maximum atomic E-state index is 3.42. The molecule has 4 atom stereocenters. The molecule has 2 nitrogen and oxygen atoms in total. The summed E-state index contributed by atoms with van der Waals surface area (Å²) in [6, 6.07) is 1.24. The van der Waals surface area contributed by atoms with Crippen molar-refractivity contribution in [3.8, 4) is 0 Å². The Bertz CT molecular complexity index is 715. The summed E-state index contributed by atoms with van der Waals surface area (Å²) in [5, 5.41) is 6.74. The molecule has 5 fully saturated rings. The highest BCUT2D eigenvalue weighted by molar-refractivity contribution is 5.27. The molecule has 0 aromatic rings. The van der Waals surface area contributed by atoms with Crippen LogP contribution in [0.5, 0.6) is 0 Å². The average molecular weight is 433 g/mol. The summed E-state index contributed by atoms with van der Waals surface area (Å²) in [6.45, 7) is 2.21. The highest BCUT2D eigenvalue weighted by Crippen LogP contribution is 2.67. The van der Waals surface area contributed by atoms with Crippen molar-refractivity contribution >= 4 is 0 Å². The predicted octanol–water partition coefficient (Wildman–Crippen LogP) is 6.33. The fourth-order valence-corrected chi connectivity index (χ4v) is 7.97. The van der Waals surface area contributed by atoms with Crippen LogP contribution in [0.25, 0.3) is 0 Å². The van der Waals surface area contributed by atoms with Gasteiger partial charge in [-0.3, -0.25) is 0 Å². The SMILES string of the molecule is C1=CC23CCC1(CC2)C3.C1=CC2CCC1C2.C1=CC2CCC1CC2.C1=CC2CNCC1N2. The van der Waals surface area contributed by atoms with Crippen molar-refractivity contribution in [2.45, 2.75) is 89.1 Å². The standard InChI is InChI=1S/C9H12.C8H12.C7H10.C6H10N2/c1-2-9-5-3-8(1,7-9)4-6-9;1-2-8-5-3-7(1)4-6-8;1-2-7-4-3-6(1)5-7;1-2-6-4-7-3-5(1)8-6/h1-2H,3-7H2;1-2,7-8H,3-6H2;1-2,6-7H,3-5H2;1-2,5-8H,3-4H2. The molecule has 8 aliphatic carbocycles. The fourth-order valence-electron chi connectivity index (χ4n) is 7.97. The summed E-state index contributed by atoms with van der Waals surface area (Å²) in [6.07, 6.45) is 36.9. The van der Waals surface area contributed by atoms with Crippen LogP contribution in [0.1, 0.15) is 77.0 Å². The van der Waals surface area contributed by atoms with Crippen LogP contribution in [0.4, 0.5) is 0 Å². The largest absolute Gasteiger partial charge is 0.313 e. The number of nitrogens with one attached hydrogen (secondary N) is 2. The van der Waals surface area contributed by atoms with Gasteiger partial charge >= 0.3 is 0 Å². The monoisotopic (exact) mass is 432 g/mol. The number of hydrogen-bond donors (Lipinski definition) is 2. The van der Waals surface area contributed by atoms with Gasteiger partial charge in [-0.25, -0.2) is 0 Å². The first-order chi connectivity index (χ1) is 15.7. The highest BCUT2D eigenvalue weighted by atomic mass is 15.1. The number of fused-ring (bicyclic) bond motifs is 6. The van der Waals surface area contributed by atoms with E-state index in [-0.39, 0.29) is 0 Å². The third-order valence-electron chi connectivity index (χ3n) is 10.1. The summed E-state index contributed by atoms with van der Waals surface area (Å²) in [7, 11) is 0. The minimum atomic E-state index is 0.619. The Morgan fingerprint density at radius 2 is 0.969 bits per heavy atom. The molecule has 2 N–H and O–H groups in total. The third-order valence-corrected chi connectivity index (χ3v) is 10.1. The molecule has 10 rings (SSSR count). The van der Waals surface area contributed by atoms with Gasteiger partial charge in [-0.2, -0.15) is 0 Å². The van der Waals surface area contributed by atoms with Gasteiger partial charge < -0.3 is 10.6 Å². The van der Waals surface area contributed by atoms with Crippen LogP contribution in [0.2, 0.25) is 0 Å². The molecular formula is C30H44N2. The summed E-state index contributed by atoms with van der Waals surface area (Å²) < 4.78 is 0. The lowest BCUT2D eigenvalue weighted by molar-refractivity contribution is 0.329. The minimum absolute atomic E-state index is 0.619. The van der Waals surface area contributed by atoms with Gasteiger partial charge in [0.25, 0.3) is 0 Å². The van der Waals surface area contributed by atoms with Crippen LogP contribution in [0, 0.1) is 34.5 Å². The van der Waals surface area contributed by atoms with Crippen LogP contribution in [-0.4, -0.2) is 25.2 Å². The predicted molar refractivity (Wildman–Crippen MR) is 134 cm³/mol. The van der Waals surface area contributed by atoms with Crippen LogP contribution < -0.4 is 10.6 Å². The van der Waals surface area contributed by atoms with Crippen LogP contribution in [0.3, 0.4) is 0 Å². The first-order valence-corrected chi connectivity index (χ1v) is 13.9. The van der Waals surface area contributed by atoms with Crippen molar-refractivity contribution in [2.75, 3.05) is 13.1 Å². The maximum Gasteiger partial charge on any atom is 0.0382 e. The van der Waals surface area contributed by atoms with Gasteiger partial charge in [-0.1, -0.05) is 48.6 Å². The van der Waals surface area contributed by atoms with Gasteiger partial charge in [0.2, 0.25) is 0 Å². The molecule has 4 unspecified atom stereocenters. The zero-order chi connectivity index (χ0) is 21.4. The lowest BCUT2D eigenvalue weighted by Gasteiger charge is -2.29. The number of piperazine rings is 1. The molecule has 8 bridgehead atoms. The van der Waals surface area contributed by atoms with E-state index >= 15 is 0 Å². The normalized spacial score (nSPS) is 48.2. The number of allylic oxidation sites excluding steroid dienone is 6. The summed E-state index contributed by atoms with van der Waals surface area (Å²) in [5.41, 5.74) is 1.47. The van der Waals surface area contributed by atoms with E-state index in [1.165, 1.54) is 77.0 Å². The molecule has 2 heteroatoms. The second-order valence-corrected chi connectivity index (χ2v) is 12.4. The van der Waals surface area contributed by atoms with E-state index in [0.29, 0.717) is 12.1 Å². The van der Waals surface area contributed by atoms with Gasteiger partial charge in [0.15, 0.2) is 0 Å². The van der Waals surface area contributed by atoms with Gasteiger partial charge in [0.05, 0.1) is 0 Å². The second-order valence-electron chi connectivity index (χ2n) is 12.4. The minimum Gasteiger partial charge on any atom is -0.313 e. The van der Waals surface area contributed by atoms with Crippen molar-refractivity contribution in [1.29, 1.82) is 0 Å². The Hall–Kier alpha value is -1.12. The summed E-state index contributed by atoms with van der Waals surface area (Å²) in [5.74, 6) is 3.93. The zero-order valence-corrected chi connectivity index (χ0v) is 20.0.